The van der Waals surface area contributed by atoms with E-state index in [2.05, 4.69) is 11.9 Å². The Balaban J connectivity index is 1.95. The van der Waals surface area contributed by atoms with E-state index in [0.717, 1.165) is 5.56 Å². The molecule has 0 aliphatic rings. The largest absolute Gasteiger partial charge is 0.483 e. The molecule has 0 unspecified atom stereocenters. The van der Waals surface area contributed by atoms with Gasteiger partial charge >= 0.3 is 0 Å². The van der Waals surface area contributed by atoms with Crippen LogP contribution in [0.25, 0.3) is 0 Å². The molecule has 0 spiro atoms. The monoisotopic (exact) mass is 319 g/mol. The first-order valence-electron chi connectivity index (χ1n) is 6.66. The molecule has 2 aromatic rings. The Labute approximate surface area is 133 Å². The summed E-state index contributed by atoms with van der Waals surface area (Å²) in [5, 5.41) is 2.55. The number of para-hydroxylation sites is 1. The second-order valence-corrected chi connectivity index (χ2v) is 4.97. The van der Waals surface area contributed by atoms with Gasteiger partial charge < -0.3 is 10.1 Å². The van der Waals surface area contributed by atoms with Gasteiger partial charge in [0.25, 0.3) is 5.91 Å². The van der Waals surface area contributed by atoms with Gasteiger partial charge in [-0.05, 0) is 36.2 Å². The van der Waals surface area contributed by atoms with Gasteiger partial charge in [0.15, 0.2) is 6.61 Å². The lowest BCUT2D eigenvalue weighted by Crippen LogP contribution is -2.20. The molecule has 2 aromatic carbocycles. The summed E-state index contributed by atoms with van der Waals surface area (Å²) in [4.78, 5) is 11.9. The summed E-state index contributed by atoms with van der Waals surface area (Å²) < 4.78 is 18.6. The molecule has 0 bridgehead atoms. The third-order valence-corrected chi connectivity index (χ3v) is 3.19. The van der Waals surface area contributed by atoms with Crippen molar-refractivity contribution in [1.29, 1.82) is 0 Å². The van der Waals surface area contributed by atoms with Gasteiger partial charge in [-0.3, -0.25) is 4.79 Å². The van der Waals surface area contributed by atoms with Crippen molar-refractivity contribution < 1.29 is 13.9 Å². The highest BCUT2D eigenvalue weighted by atomic mass is 35.5. The van der Waals surface area contributed by atoms with Gasteiger partial charge in [0.2, 0.25) is 0 Å². The van der Waals surface area contributed by atoms with Crippen molar-refractivity contribution >= 4 is 23.2 Å². The van der Waals surface area contributed by atoms with Crippen molar-refractivity contribution in [2.24, 2.45) is 0 Å². The van der Waals surface area contributed by atoms with Crippen LogP contribution >= 0.6 is 11.6 Å². The summed E-state index contributed by atoms with van der Waals surface area (Å²) >= 11 is 5.66. The van der Waals surface area contributed by atoms with Crippen molar-refractivity contribution in [3.63, 3.8) is 0 Å². The summed E-state index contributed by atoms with van der Waals surface area (Å²) in [6.45, 7) is 3.54. The Morgan fingerprint density at radius 3 is 2.82 bits per heavy atom. The van der Waals surface area contributed by atoms with Gasteiger partial charge in [0.05, 0.1) is 5.02 Å². The van der Waals surface area contributed by atoms with E-state index in [0.29, 0.717) is 17.9 Å². The third kappa shape index (κ3) is 4.33. The zero-order chi connectivity index (χ0) is 15.9. The maximum atomic E-state index is 13.0. The van der Waals surface area contributed by atoms with E-state index >= 15 is 0 Å². The number of carbonyl (C=O) groups is 1. The van der Waals surface area contributed by atoms with Gasteiger partial charge in [0.1, 0.15) is 11.6 Å². The van der Waals surface area contributed by atoms with Gasteiger partial charge in [-0.25, -0.2) is 4.39 Å². The van der Waals surface area contributed by atoms with Gasteiger partial charge in [-0.1, -0.05) is 35.9 Å². The van der Waals surface area contributed by atoms with Crippen LogP contribution in [0.15, 0.2) is 55.1 Å². The number of hydrogen-bond acceptors (Lipinski definition) is 2. The molecule has 0 fully saturated rings. The zero-order valence-corrected chi connectivity index (χ0v) is 12.6. The Morgan fingerprint density at radius 2 is 2.09 bits per heavy atom. The quantitative estimate of drug-likeness (QED) is 0.809. The summed E-state index contributed by atoms with van der Waals surface area (Å²) in [7, 11) is 0. The number of carbonyl (C=O) groups excluding carboxylic acids is 1. The van der Waals surface area contributed by atoms with E-state index in [1.807, 2.05) is 18.2 Å². The average Bonchev–Trinajstić information content (AvgIpc) is 2.50. The normalized spacial score (nSPS) is 10.1. The lowest BCUT2D eigenvalue weighted by Gasteiger charge is -2.11. The number of halogens is 2. The summed E-state index contributed by atoms with van der Waals surface area (Å²) in [6, 6.07) is 11.4. The highest BCUT2D eigenvalue weighted by Crippen LogP contribution is 2.20. The molecule has 0 radical (unpaired) electrons. The fourth-order valence-electron chi connectivity index (χ4n) is 1.88. The fourth-order valence-corrected chi connectivity index (χ4v) is 2.06. The molecular weight excluding hydrogens is 305 g/mol. The molecule has 0 saturated carbocycles. The molecule has 0 aromatic heterocycles. The first-order valence-corrected chi connectivity index (χ1v) is 7.04. The summed E-state index contributed by atoms with van der Waals surface area (Å²) in [6.07, 6.45) is 2.42. The predicted octanol–water partition coefficient (Wildman–Crippen LogP) is 4.23. The molecular formula is C17H15ClFNO2. The average molecular weight is 320 g/mol. The molecule has 114 valence electrons. The number of hydrogen-bond donors (Lipinski definition) is 1. The molecule has 0 heterocycles. The van der Waals surface area contributed by atoms with E-state index in [4.69, 9.17) is 16.3 Å². The van der Waals surface area contributed by atoms with Crippen molar-refractivity contribution in [2.75, 3.05) is 11.9 Å². The third-order valence-electron chi connectivity index (χ3n) is 2.90. The number of ether oxygens (including phenoxy) is 1. The van der Waals surface area contributed by atoms with Crippen molar-refractivity contribution in [3.8, 4) is 5.75 Å². The number of amides is 1. The van der Waals surface area contributed by atoms with E-state index in [1.165, 1.54) is 18.2 Å². The summed E-state index contributed by atoms with van der Waals surface area (Å²) in [5.74, 6) is -0.250. The van der Waals surface area contributed by atoms with Crippen LogP contribution in [0.1, 0.15) is 5.56 Å². The van der Waals surface area contributed by atoms with E-state index in [-0.39, 0.29) is 17.5 Å². The van der Waals surface area contributed by atoms with Crippen LogP contribution < -0.4 is 10.1 Å². The van der Waals surface area contributed by atoms with Gasteiger partial charge in [-0.15, -0.1) is 6.58 Å². The Hall–Kier alpha value is -2.33. The topological polar surface area (TPSA) is 38.3 Å². The van der Waals surface area contributed by atoms with Crippen LogP contribution in [0.2, 0.25) is 5.02 Å². The smallest absolute Gasteiger partial charge is 0.262 e. The van der Waals surface area contributed by atoms with Crippen molar-refractivity contribution in [2.45, 2.75) is 6.42 Å². The first kappa shape index (κ1) is 16.0. The molecule has 5 heteroatoms. The minimum Gasteiger partial charge on any atom is -0.483 e. The molecule has 1 N–H and O–H groups in total. The molecule has 0 aliphatic carbocycles. The standard InChI is InChI=1S/C17H15ClFNO2/c1-2-5-12-6-3-4-7-16(12)22-11-17(21)20-13-8-9-15(19)14(18)10-13/h2-4,6-10H,1,5,11H2,(H,20,21). The zero-order valence-electron chi connectivity index (χ0n) is 11.8. The first-order chi connectivity index (χ1) is 10.6. The predicted molar refractivity (Wildman–Crippen MR) is 85.9 cm³/mol. The van der Waals surface area contributed by atoms with Crippen LogP contribution in [0, 0.1) is 5.82 Å². The maximum absolute atomic E-state index is 13.0. The van der Waals surface area contributed by atoms with Crippen LogP contribution in [-0.4, -0.2) is 12.5 Å². The second-order valence-electron chi connectivity index (χ2n) is 4.57. The van der Waals surface area contributed by atoms with Crippen LogP contribution in [-0.2, 0) is 11.2 Å². The number of rotatable bonds is 6. The minimum atomic E-state index is -0.533. The van der Waals surface area contributed by atoms with Crippen molar-refractivity contribution in [1.82, 2.24) is 0 Å². The van der Waals surface area contributed by atoms with E-state index in [9.17, 15) is 9.18 Å². The van der Waals surface area contributed by atoms with Crippen LogP contribution in [0.3, 0.4) is 0 Å². The number of allylic oxidation sites excluding steroid dienone is 1. The number of anilines is 1. The SMILES string of the molecule is C=CCc1ccccc1OCC(=O)Nc1ccc(F)c(Cl)c1. The number of benzene rings is 2. The van der Waals surface area contributed by atoms with Crippen molar-refractivity contribution in [3.05, 3.63) is 71.5 Å². The second kappa shape index (κ2) is 7.61. The Bertz CT molecular complexity index is 688. The molecule has 22 heavy (non-hydrogen) atoms. The van der Waals surface area contributed by atoms with Gasteiger partial charge in [0, 0.05) is 5.69 Å². The molecule has 0 atom stereocenters. The van der Waals surface area contributed by atoms with Crippen LogP contribution in [0.5, 0.6) is 5.75 Å². The van der Waals surface area contributed by atoms with Crippen LogP contribution in [0.4, 0.5) is 10.1 Å². The number of nitrogens with one attached hydrogen (secondary N) is 1. The van der Waals surface area contributed by atoms with E-state index < -0.39 is 5.82 Å². The summed E-state index contributed by atoms with van der Waals surface area (Å²) in [5.41, 5.74) is 1.37. The Kier molecular flexibility index (Phi) is 5.55. The minimum absolute atomic E-state index is 0.0463. The van der Waals surface area contributed by atoms with E-state index in [1.54, 1.807) is 12.1 Å². The maximum Gasteiger partial charge on any atom is 0.262 e. The van der Waals surface area contributed by atoms with Gasteiger partial charge in [-0.2, -0.15) is 0 Å². The Morgan fingerprint density at radius 1 is 1.32 bits per heavy atom. The fraction of sp³-hybridized carbons (Fsp3) is 0.118. The molecule has 0 aliphatic heterocycles. The lowest BCUT2D eigenvalue weighted by atomic mass is 10.1. The molecule has 2 rings (SSSR count). The highest BCUT2D eigenvalue weighted by molar-refractivity contribution is 6.31. The molecule has 1 amide bonds. The lowest BCUT2D eigenvalue weighted by molar-refractivity contribution is -0.118. The highest BCUT2D eigenvalue weighted by Gasteiger charge is 2.08. The molecule has 0 saturated heterocycles. The molecule has 3 nitrogen and oxygen atoms in total.